The van der Waals surface area contributed by atoms with Crippen LogP contribution in [-0.4, -0.2) is 60.4 Å². The van der Waals surface area contributed by atoms with Crippen molar-refractivity contribution in [2.75, 3.05) is 33.4 Å². The van der Waals surface area contributed by atoms with Crippen LogP contribution in [0, 0.1) is 6.92 Å². The van der Waals surface area contributed by atoms with Gasteiger partial charge in [0.15, 0.2) is 5.69 Å². The highest BCUT2D eigenvalue weighted by molar-refractivity contribution is 5.93. The average molecular weight is 345 g/mol. The Morgan fingerprint density at radius 1 is 1.32 bits per heavy atom. The molecule has 0 bridgehead atoms. The maximum atomic E-state index is 12.4. The molecule has 1 aromatic carbocycles. The Labute approximate surface area is 146 Å². The van der Waals surface area contributed by atoms with Crippen molar-refractivity contribution in [3.63, 3.8) is 0 Å². The molecule has 0 spiro atoms. The second-order valence-electron chi connectivity index (χ2n) is 5.92. The Morgan fingerprint density at radius 2 is 2.12 bits per heavy atom. The second-order valence-corrected chi connectivity index (χ2v) is 5.92. The molecule has 1 atom stereocenters. The molecule has 8 nitrogen and oxygen atoms in total. The molecular weight excluding hydrogens is 322 g/mol. The molecule has 0 radical (unpaired) electrons. The fraction of sp³-hybridized carbons (Fsp3) is 0.471. The molecule has 2 heterocycles. The van der Waals surface area contributed by atoms with Gasteiger partial charge in [0.1, 0.15) is 12.4 Å². The summed E-state index contributed by atoms with van der Waals surface area (Å²) in [5, 5.41) is 14.9. The summed E-state index contributed by atoms with van der Waals surface area (Å²) in [6.07, 6.45) is 0.934. The van der Waals surface area contributed by atoms with Gasteiger partial charge in [-0.2, -0.15) is 9.90 Å². The molecule has 25 heavy (non-hydrogen) atoms. The van der Waals surface area contributed by atoms with Crippen molar-refractivity contribution in [1.82, 2.24) is 25.6 Å². The number of carbonyl (C=O) groups is 1. The number of nitrogens with zero attached hydrogens (tertiary/aromatic N) is 3. The van der Waals surface area contributed by atoms with Gasteiger partial charge in [-0.25, -0.2) is 0 Å². The Hall–Kier alpha value is -2.45. The molecule has 1 aliphatic rings. The van der Waals surface area contributed by atoms with E-state index in [0.29, 0.717) is 24.6 Å². The summed E-state index contributed by atoms with van der Waals surface area (Å²) >= 11 is 0. The number of amides is 1. The molecule has 8 heteroatoms. The summed E-state index contributed by atoms with van der Waals surface area (Å²) < 4.78 is 10.5. The second kappa shape index (κ2) is 8.09. The van der Waals surface area contributed by atoms with Gasteiger partial charge in [0.25, 0.3) is 5.91 Å². The minimum Gasteiger partial charge on any atom is -0.491 e. The molecule has 3 rings (SSSR count). The van der Waals surface area contributed by atoms with Crippen LogP contribution in [-0.2, 0) is 4.74 Å². The van der Waals surface area contributed by atoms with Crippen LogP contribution >= 0.6 is 0 Å². The molecule has 0 saturated carbocycles. The van der Waals surface area contributed by atoms with Gasteiger partial charge in [0.2, 0.25) is 0 Å². The number of methoxy groups -OCH3 is 1. The third kappa shape index (κ3) is 4.34. The Morgan fingerprint density at radius 3 is 2.80 bits per heavy atom. The molecule has 1 fully saturated rings. The Balaban J connectivity index is 1.67. The highest BCUT2D eigenvalue weighted by Gasteiger charge is 2.21. The van der Waals surface area contributed by atoms with E-state index in [1.54, 1.807) is 14.0 Å². The zero-order valence-corrected chi connectivity index (χ0v) is 14.5. The van der Waals surface area contributed by atoms with Crippen LogP contribution in [0.5, 0.6) is 5.75 Å². The number of hydrogen-bond acceptors (Lipinski definition) is 6. The van der Waals surface area contributed by atoms with Crippen molar-refractivity contribution in [3.05, 3.63) is 35.7 Å². The van der Waals surface area contributed by atoms with Crippen LogP contribution in [0.25, 0.3) is 5.69 Å². The van der Waals surface area contributed by atoms with E-state index in [4.69, 9.17) is 9.47 Å². The SMILES string of the molecule is COCCOc1ccc(-n2nc(C)c(C(=O)NC3CCNC3)n2)cc1. The standard InChI is InChI=1S/C17H23N5O3/c1-12-16(17(23)19-13-7-8-18-11-13)21-22(20-12)14-3-5-15(6-4-14)25-10-9-24-2/h3-6,13,18H,7-11H2,1-2H3,(H,19,23). The number of aromatic nitrogens is 3. The van der Waals surface area contributed by atoms with Gasteiger partial charge < -0.3 is 20.1 Å². The minimum atomic E-state index is -0.183. The maximum absolute atomic E-state index is 12.4. The highest BCUT2D eigenvalue weighted by atomic mass is 16.5. The predicted molar refractivity (Wildman–Crippen MR) is 92.2 cm³/mol. The number of rotatable bonds is 7. The van der Waals surface area contributed by atoms with Crippen molar-refractivity contribution < 1.29 is 14.3 Å². The van der Waals surface area contributed by atoms with Gasteiger partial charge in [-0.05, 0) is 44.2 Å². The van der Waals surface area contributed by atoms with E-state index in [2.05, 4.69) is 20.8 Å². The van der Waals surface area contributed by atoms with Crippen LogP contribution in [0.3, 0.4) is 0 Å². The summed E-state index contributed by atoms with van der Waals surface area (Å²) in [7, 11) is 1.63. The van der Waals surface area contributed by atoms with E-state index in [9.17, 15) is 4.79 Å². The Bertz CT molecular complexity index is 708. The quantitative estimate of drug-likeness (QED) is 0.718. The molecule has 0 aliphatic carbocycles. The third-order valence-electron chi connectivity index (χ3n) is 4.02. The lowest BCUT2D eigenvalue weighted by molar-refractivity contribution is 0.0934. The van der Waals surface area contributed by atoms with Crippen molar-refractivity contribution in [2.45, 2.75) is 19.4 Å². The number of nitrogens with one attached hydrogen (secondary N) is 2. The number of aryl methyl sites for hydroxylation is 1. The van der Waals surface area contributed by atoms with E-state index in [0.717, 1.165) is 30.9 Å². The van der Waals surface area contributed by atoms with Crippen LogP contribution in [0.4, 0.5) is 0 Å². The maximum Gasteiger partial charge on any atom is 0.274 e. The summed E-state index contributed by atoms with van der Waals surface area (Å²) in [5.41, 5.74) is 1.72. The summed E-state index contributed by atoms with van der Waals surface area (Å²) in [6, 6.07) is 7.54. The zero-order valence-electron chi connectivity index (χ0n) is 14.5. The normalized spacial score (nSPS) is 16.8. The lowest BCUT2D eigenvalue weighted by Gasteiger charge is -2.09. The smallest absolute Gasteiger partial charge is 0.274 e. The largest absolute Gasteiger partial charge is 0.491 e. The number of ether oxygens (including phenoxy) is 2. The number of benzene rings is 1. The van der Waals surface area contributed by atoms with Crippen LogP contribution in [0.1, 0.15) is 22.6 Å². The Kier molecular flexibility index (Phi) is 5.62. The summed E-state index contributed by atoms with van der Waals surface area (Å²) in [6.45, 7) is 4.54. The first-order chi connectivity index (χ1) is 12.2. The van der Waals surface area contributed by atoms with Crippen LogP contribution in [0.15, 0.2) is 24.3 Å². The van der Waals surface area contributed by atoms with Crippen LogP contribution in [0.2, 0.25) is 0 Å². The molecule has 1 aromatic heterocycles. The van der Waals surface area contributed by atoms with Gasteiger partial charge >= 0.3 is 0 Å². The van der Waals surface area contributed by atoms with Gasteiger partial charge in [-0.1, -0.05) is 0 Å². The first-order valence-corrected chi connectivity index (χ1v) is 8.35. The zero-order chi connectivity index (χ0) is 17.6. The molecule has 1 amide bonds. The van der Waals surface area contributed by atoms with Crippen molar-refractivity contribution >= 4 is 5.91 Å². The van der Waals surface area contributed by atoms with Gasteiger partial charge in [0, 0.05) is 19.7 Å². The van der Waals surface area contributed by atoms with E-state index >= 15 is 0 Å². The molecule has 134 valence electrons. The number of carbonyl (C=O) groups excluding carboxylic acids is 1. The minimum absolute atomic E-state index is 0.153. The molecule has 2 N–H and O–H groups in total. The number of hydrogen-bond donors (Lipinski definition) is 2. The average Bonchev–Trinajstić information content (AvgIpc) is 3.25. The summed E-state index contributed by atoms with van der Waals surface area (Å²) in [5.74, 6) is 0.563. The van der Waals surface area contributed by atoms with E-state index in [1.807, 2.05) is 24.3 Å². The van der Waals surface area contributed by atoms with E-state index < -0.39 is 0 Å². The molecule has 1 saturated heterocycles. The van der Waals surface area contributed by atoms with Gasteiger partial charge in [-0.15, -0.1) is 5.10 Å². The van der Waals surface area contributed by atoms with Gasteiger partial charge in [0.05, 0.1) is 18.0 Å². The lowest BCUT2D eigenvalue weighted by Crippen LogP contribution is -2.36. The molecular formula is C17H23N5O3. The van der Waals surface area contributed by atoms with Crippen molar-refractivity contribution in [2.24, 2.45) is 0 Å². The van der Waals surface area contributed by atoms with E-state index in [1.165, 1.54) is 4.80 Å². The van der Waals surface area contributed by atoms with Crippen LogP contribution < -0.4 is 15.4 Å². The van der Waals surface area contributed by atoms with Gasteiger partial charge in [-0.3, -0.25) is 4.79 Å². The first kappa shape index (κ1) is 17.4. The van der Waals surface area contributed by atoms with E-state index in [-0.39, 0.29) is 11.9 Å². The molecule has 1 aliphatic heterocycles. The fourth-order valence-electron chi connectivity index (χ4n) is 2.65. The fourth-order valence-corrected chi connectivity index (χ4v) is 2.65. The first-order valence-electron chi connectivity index (χ1n) is 8.35. The highest BCUT2D eigenvalue weighted by Crippen LogP contribution is 2.15. The van der Waals surface area contributed by atoms with Crippen molar-refractivity contribution in [3.8, 4) is 11.4 Å². The monoisotopic (exact) mass is 345 g/mol. The van der Waals surface area contributed by atoms with Crippen molar-refractivity contribution in [1.29, 1.82) is 0 Å². The summed E-state index contributed by atoms with van der Waals surface area (Å²) in [4.78, 5) is 13.8. The topological polar surface area (TPSA) is 90.3 Å². The third-order valence-corrected chi connectivity index (χ3v) is 4.02. The molecule has 2 aromatic rings. The predicted octanol–water partition coefficient (Wildman–Crippen LogP) is 0.693. The molecule has 1 unspecified atom stereocenters. The lowest BCUT2D eigenvalue weighted by atomic mass is 10.2.